The summed E-state index contributed by atoms with van der Waals surface area (Å²) in [5.41, 5.74) is 3.86. The van der Waals surface area contributed by atoms with Crippen LogP contribution in [0.25, 0.3) is 0 Å². The fourth-order valence-electron chi connectivity index (χ4n) is 3.23. The van der Waals surface area contributed by atoms with Crippen molar-refractivity contribution in [3.05, 3.63) is 77.4 Å². The first-order valence-electron chi connectivity index (χ1n) is 8.98. The van der Waals surface area contributed by atoms with E-state index in [-0.39, 0.29) is 11.7 Å². The molecule has 140 valence electrons. The molecule has 7 heteroatoms. The van der Waals surface area contributed by atoms with Crippen molar-refractivity contribution < 1.29 is 9.18 Å². The van der Waals surface area contributed by atoms with E-state index < -0.39 is 0 Å². The number of nitrogens with one attached hydrogen (secondary N) is 1. The maximum atomic E-state index is 13.1. The predicted octanol–water partition coefficient (Wildman–Crippen LogP) is 3.36. The lowest BCUT2D eigenvalue weighted by Gasteiger charge is -2.27. The first-order valence-corrected chi connectivity index (χ1v) is 8.98. The number of carbonyl (C=O) groups excluding carboxylic acids is 1. The van der Waals surface area contributed by atoms with Gasteiger partial charge in [-0.25, -0.2) is 4.39 Å². The number of rotatable bonds is 5. The van der Waals surface area contributed by atoms with Crippen LogP contribution >= 0.6 is 0 Å². The lowest BCUT2D eigenvalue weighted by molar-refractivity contribution is 0.0962. The summed E-state index contributed by atoms with van der Waals surface area (Å²) in [7, 11) is 0. The van der Waals surface area contributed by atoms with Gasteiger partial charge in [0.25, 0.3) is 5.91 Å². The lowest BCUT2D eigenvalue weighted by atomic mass is 10.1. The number of carbonyl (C=O) groups is 1. The molecule has 1 amide bonds. The Kier molecular flexibility index (Phi) is 4.77. The summed E-state index contributed by atoms with van der Waals surface area (Å²) >= 11 is 0. The highest BCUT2D eigenvalue weighted by atomic mass is 19.1. The summed E-state index contributed by atoms with van der Waals surface area (Å²) in [6.07, 6.45) is 0.390. The Balaban J connectivity index is 1.45. The van der Waals surface area contributed by atoms with Crippen molar-refractivity contribution in [1.82, 2.24) is 9.78 Å². The van der Waals surface area contributed by atoms with Crippen LogP contribution in [0.1, 0.15) is 21.7 Å². The third kappa shape index (κ3) is 3.58. The predicted molar refractivity (Wildman–Crippen MR) is 103 cm³/mol. The molecule has 0 unspecified atom stereocenters. The number of hydrogen-bond donors (Lipinski definition) is 1. The second kappa shape index (κ2) is 7.53. The highest BCUT2D eigenvalue weighted by Crippen LogP contribution is 2.22. The van der Waals surface area contributed by atoms with E-state index in [1.807, 2.05) is 24.3 Å². The fourth-order valence-corrected chi connectivity index (χ4v) is 3.23. The van der Waals surface area contributed by atoms with E-state index in [9.17, 15) is 9.18 Å². The summed E-state index contributed by atoms with van der Waals surface area (Å²) in [5, 5.41) is 16.5. The van der Waals surface area contributed by atoms with Gasteiger partial charge in [0.1, 0.15) is 11.5 Å². The molecule has 0 radical (unpaired) electrons. The van der Waals surface area contributed by atoms with Crippen molar-refractivity contribution in [2.45, 2.75) is 19.5 Å². The molecule has 1 aromatic heterocycles. The first-order chi connectivity index (χ1) is 13.6. The minimum atomic E-state index is -0.327. The number of anilines is 2. The highest BCUT2D eigenvalue weighted by molar-refractivity contribution is 6.05. The number of amides is 1. The monoisotopic (exact) mass is 375 g/mol. The molecule has 0 atom stereocenters. The molecule has 6 nitrogen and oxygen atoms in total. The second-order valence-corrected chi connectivity index (χ2v) is 6.56. The zero-order chi connectivity index (χ0) is 19.5. The van der Waals surface area contributed by atoms with Crippen LogP contribution in [0.15, 0.2) is 54.6 Å². The Morgan fingerprint density at radius 2 is 1.86 bits per heavy atom. The van der Waals surface area contributed by atoms with Crippen molar-refractivity contribution in [1.29, 1.82) is 5.26 Å². The van der Waals surface area contributed by atoms with Gasteiger partial charge in [0, 0.05) is 17.9 Å². The van der Waals surface area contributed by atoms with Crippen LogP contribution in [0.4, 0.5) is 15.8 Å². The number of fused-ring (bicyclic) bond motifs is 1. The minimum absolute atomic E-state index is 0.141. The van der Waals surface area contributed by atoms with Crippen LogP contribution in [-0.4, -0.2) is 22.2 Å². The molecular formula is C21H18FN5O. The molecule has 1 N–H and O–H groups in total. The molecule has 28 heavy (non-hydrogen) atoms. The summed E-state index contributed by atoms with van der Waals surface area (Å²) < 4.78 is 14.9. The third-order valence-electron chi connectivity index (χ3n) is 4.68. The normalized spacial score (nSPS) is 13.1. The molecule has 4 rings (SSSR count). The highest BCUT2D eigenvalue weighted by Gasteiger charge is 2.27. The van der Waals surface area contributed by atoms with Crippen LogP contribution in [0, 0.1) is 17.1 Å². The van der Waals surface area contributed by atoms with E-state index in [1.165, 1.54) is 12.1 Å². The number of hydrogen-bond acceptors (Lipinski definition) is 4. The lowest BCUT2D eigenvalue weighted by Crippen LogP contribution is -2.40. The molecular weight excluding hydrogens is 357 g/mol. The minimum Gasteiger partial charge on any atom is -0.379 e. The number of nitriles is 1. The quantitative estimate of drug-likeness (QED) is 0.742. The van der Waals surface area contributed by atoms with Gasteiger partial charge in [-0.2, -0.15) is 10.4 Å². The maximum absolute atomic E-state index is 13.1. The van der Waals surface area contributed by atoms with E-state index in [4.69, 9.17) is 5.26 Å². The Morgan fingerprint density at radius 3 is 2.57 bits per heavy atom. The van der Waals surface area contributed by atoms with Crippen molar-refractivity contribution in [2.24, 2.45) is 0 Å². The molecule has 0 spiro atoms. The fraction of sp³-hybridized carbons (Fsp3) is 0.190. The molecule has 2 heterocycles. The molecule has 0 aliphatic carbocycles. The van der Waals surface area contributed by atoms with Crippen LogP contribution in [0.3, 0.4) is 0 Å². The number of halogens is 1. The van der Waals surface area contributed by atoms with Gasteiger partial charge in [0.05, 0.1) is 31.3 Å². The molecule has 1 aliphatic heterocycles. The molecule has 0 fully saturated rings. The van der Waals surface area contributed by atoms with Crippen molar-refractivity contribution in [3.63, 3.8) is 0 Å². The van der Waals surface area contributed by atoms with Gasteiger partial charge in [0.2, 0.25) is 0 Å². The smallest absolute Gasteiger partial charge is 0.276 e. The first kappa shape index (κ1) is 17.7. The zero-order valence-electron chi connectivity index (χ0n) is 15.1. The topological polar surface area (TPSA) is 74.0 Å². The largest absolute Gasteiger partial charge is 0.379 e. The van der Waals surface area contributed by atoms with E-state index in [2.05, 4.69) is 16.5 Å². The number of nitrogens with zero attached hydrogens (tertiary/aromatic N) is 4. The average molecular weight is 375 g/mol. The van der Waals surface area contributed by atoms with Crippen molar-refractivity contribution in [2.75, 3.05) is 16.8 Å². The van der Waals surface area contributed by atoms with Gasteiger partial charge in [-0.05, 0) is 48.0 Å². The number of benzene rings is 2. The van der Waals surface area contributed by atoms with Crippen molar-refractivity contribution in [3.8, 4) is 6.07 Å². The van der Waals surface area contributed by atoms with E-state index in [0.29, 0.717) is 37.4 Å². The van der Waals surface area contributed by atoms with E-state index in [0.717, 1.165) is 16.9 Å². The number of aromatic nitrogens is 2. The molecule has 0 bridgehead atoms. The van der Waals surface area contributed by atoms with Gasteiger partial charge in [-0.1, -0.05) is 12.1 Å². The Labute approximate surface area is 161 Å². The second-order valence-electron chi connectivity index (χ2n) is 6.56. The summed E-state index contributed by atoms with van der Waals surface area (Å²) in [4.78, 5) is 14.5. The Hall–Kier alpha value is -3.66. The van der Waals surface area contributed by atoms with E-state index >= 15 is 0 Å². The van der Waals surface area contributed by atoms with Crippen LogP contribution < -0.4 is 10.2 Å². The van der Waals surface area contributed by atoms with Crippen LogP contribution in [0.2, 0.25) is 0 Å². The maximum Gasteiger partial charge on any atom is 0.276 e. The molecule has 1 aliphatic rings. The van der Waals surface area contributed by atoms with Gasteiger partial charge in [0.15, 0.2) is 0 Å². The zero-order valence-corrected chi connectivity index (χ0v) is 15.1. The van der Waals surface area contributed by atoms with Crippen molar-refractivity contribution >= 4 is 17.3 Å². The standard InChI is InChI=1S/C21H18FN5O/c22-16-3-7-19(8-4-16)26-11-12-27-20(21(26)28)13-18(25-27)14-24-17-5-1-15(2-6-17)9-10-23/h1-8,13,24H,9,11-12,14H2. The summed E-state index contributed by atoms with van der Waals surface area (Å²) in [6.45, 7) is 1.56. The SMILES string of the molecule is N#CCc1ccc(NCc2cc3n(n2)CCN(c2ccc(F)cc2)C3=O)cc1. The van der Waals surface area contributed by atoms with Gasteiger partial charge in [-0.15, -0.1) is 0 Å². The van der Waals surface area contributed by atoms with Crippen LogP contribution in [0.5, 0.6) is 0 Å². The molecule has 3 aromatic rings. The summed E-state index contributed by atoms with van der Waals surface area (Å²) in [6, 6.07) is 17.5. The van der Waals surface area contributed by atoms with Gasteiger partial charge >= 0.3 is 0 Å². The molecule has 2 aromatic carbocycles. The molecule has 0 saturated carbocycles. The van der Waals surface area contributed by atoms with Crippen LogP contribution in [-0.2, 0) is 19.5 Å². The molecule has 0 saturated heterocycles. The van der Waals surface area contributed by atoms with E-state index in [1.54, 1.807) is 27.8 Å². The Bertz CT molecular complexity index is 1030. The van der Waals surface area contributed by atoms with Gasteiger partial charge in [-0.3, -0.25) is 9.48 Å². The Morgan fingerprint density at radius 1 is 1.11 bits per heavy atom. The van der Waals surface area contributed by atoms with Gasteiger partial charge < -0.3 is 10.2 Å². The third-order valence-corrected chi connectivity index (χ3v) is 4.68. The average Bonchev–Trinajstić information content (AvgIpc) is 3.13. The summed E-state index contributed by atoms with van der Waals surface area (Å²) in [5.74, 6) is -0.468.